The first-order valence-electron chi connectivity index (χ1n) is 7.42. The number of hydrogen-bond acceptors (Lipinski definition) is 3. The first kappa shape index (κ1) is 13.2. The highest BCUT2D eigenvalue weighted by molar-refractivity contribution is 5.51. The van der Waals surface area contributed by atoms with Crippen LogP contribution in [-0.2, 0) is 0 Å². The van der Waals surface area contributed by atoms with Crippen molar-refractivity contribution in [2.75, 3.05) is 5.32 Å². The highest BCUT2D eigenvalue weighted by Gasteiger charge is 2.23. The van der Waals surface area contributed by atoms with E-state index in [1.54, 1.807) is 12.7 Å². The molecule has 1 fully saturated rings. The van der Waals surface area contributed by atoms with Crippen molar-refractivity contribution in [3.05, 3.63) is 36.9 Å². The highest BCUT2D eigenvalue weighted by atomic mass is 15.2. The van der Waals surface area contributed by atoms with Crippen LogP contribution < -0.4 is 5.32 Å². The van der Waals surface area contributed by atoms with Crippen molar-refractivity contribution in [3.63, 3.8) is 0 Å². The van der Waals surface area contributed by atoms with Crippen molar-refractivity contribution in [1.29, 1.82) is 0 Å². The molecule has 1 saturated carbocycles. The average Bonchev–Trinajstić information content (AvgIpc) is 2.91. The number of hydrogen-bond donors (Lipinski definition) is 1. The lowest BCUT2D eigenvalue weighted by molar-refractivity contribution is 0.281. The molecule has 0 amide bonds. The molecule has 1 heterocycles. The highest BCUT2D eigenvalue weighted by Crippen LogP contribution is 2.30. The molecule has 4 nitrogen and oxygen atoms in total. The second kappa shape index (κ2) is 5.65. The fourth-order valence-corrected chi connectivity index (χ4v) is 3.39. The van der Waals surface area contributed by atoms with Gasteiger partial charge in [0, 0.05) is 11.7 Å². The van der Waals surface area contributed by atoms with Gasteiger partial charge < -0.3 is 5.32 Å². The van der Waals surface area contributed by atoms with Crippen molar-refractivity contribution >= 4 is 5.69 Å². The molecule has 106 valence electrons. The van der Waals surface area contributed by atoms with Crippen LogP contribution in [0.15, 0.2) is 36.9 Å². The third-order valence-electron chi connectivity index (χ3n) is 4.11. The predicted molar refractivity (Wildman–Crippen MR) is 80.9 cm³/mol. The van der Waals surface area contributed by atoms with Gasteiger partial charge in [-0.1, -0.05) is 19.9 Å². The molecule has 4 heteroatoms. The second-order valence-electron chi connectivity index (χ2n) is 6.18. The summed E-state index contributed by atoms with van der Waals surface area (Å²) < 4.78 is 1.93. The van der Waals surface area contributed by atoms with Crippen molar-refractivity contribution < 1.29 is 0 Å². The number of rotatable bonds is 3. The van der Waals surface area contributed by atoms with Gasteiger partial charge in [-0.05, 0) is 49.3 Å². The SMILES string of the molecule is CC1CC(C)CC(Nc2cccc(-n3cnnc3)c2)C1. The molecule has 20 heavy (non-hydrogen) atoms. The van der Waals surface area contributed by atoms with Crippen LogP contribution in [0.5, 0.6) is 0 Å². The van der Waals surface area contributed by atoms with Gasteiger partial charge in [-0.2, -0.15) is 0 Å². The molecule has 1 aromatic carbocycles. The number of anilines is 1. The van der Waals surface area contributed by atoms with Crippen LogP contribution in [0.1, 0.15) is 33.1 Å². The smallest absolute Gasteiger partial charge is 0.123 e. The van der Waals surface area contributed by atoms with E-state index >= 15 is 0 Å². The number of benzene rings is 1. The molecule has 2 aromatic rings. The summed E-state index contributed by atoms with van der Waals surface area (Å²) in [5.74, 6) is 1.63. The van der Waals surface area contributed by atoms with Gasteiger partial charge in [0.05, 0.1) is 5.69 Å². The Bertz CT molecular complexity index is 539. The van der Waals surface area contributed by atoms with E-state index in [1.165, 1.54) is 24.9 Å². The Balaban J connectivity index is 1.73. The summed E-state index contributed by atoms with van der Waals surface area (Å²) >= 11 is 0. The lowest BCUT2D eigenvalue weighted by Crippen LogP contribution is -2.30. The van der Waals surface area contributed by atoms with Crippen molar-refractivity contribution in [2.24, 2.45) is 11.8 Å². The summed E-state index contributed by atoms with van der Waals surface area (Å²) in [6, 6.07) is 9.03. The van der Waals surface area contributed by atoms with Crippen molar-refractivity contribution in [3.8, 4) is 5.69 Å². The molecule has 0 radical (unpaired) electrons. The molecule has 0 bridgehead atoms. The first-order chi connectivity index (χ1) is 9.70. The Labute approximate surface area is 120 Å². The van der Waals surface area contributed by atoms with E-state index < -0.39 is 0 Å². The molecule has 0 saturated heterocycles. The van der Waals surface area contributed by atoms with Crippen molar-refractivity contribution in [1.82, 2.24) is 14.8 Å². The summed E-state index contributed by atoms with van der Waals surface area (Å²) in [6.45, 7) is 4.72. The summed E-state index contributed by atoms with van der Waals surface area (Å²) in [5, 5.41) is 11.4. The predicted octanol–water partition coefficient (Wildman–Crippen LogP) is 3.50. The maximum absolute atomic E-state index is 3.86. The molecular weight excluding hydrogens is 248 g/mol. The van der Waals surface area contributed by atoms with Gasteiger partial charge in [0.25, 0.3) is 0 Å². The van der Waals surface area contributed by atoms with Crippen LogP contribution in [0, 0.1) is 11.8 Å². The lowest BCUT2D eigenvalue weighted by Gasteiger charge is -2.32. The van der Waals surface area contributed by atoms with Crippen LogP contribution in [-0.4, -0.2) is 20.8 Å². The zero-order valence-corrected chi connectivity index (χ0v) is 12.2. The summed E-state index contributed by atoms with van der Waals surface area (Å²) in [4.78, 5) is 0. The van der Waals surface area contributed by atoms with Crippen molar-refractivity contribution in [2.45, 2.75) is 39.2 Å². The molecule has 0 spiro atoms. The van der Waals surface area contributed by atoms with Crippen LogP contribution in [0.3, 0.4) is 0 Å². The third-order valence-corrected chi connectivity index (χ3v) is 4.11. The van der Waals surface area contributed by atoms with Crippen LogP contribution in [0.2, 0.25) is 0 Å². The second-order valence-corrected chi connectivity index (χ2v) is 6.18. The largest absolute Gasteiger partial charge is 0.382 e. The van der Waals surface area contributed by atoms with Gasteiger partial charge in [-0.3, -0.25) is 4.57 Å². The molecule has 1 aromatic heterocycles. The van der Waals surface area contributed by atoms with Gasteiger partial charge >= 0.3 is 0 Å². The lowest BCUT2D eigenvalue weighted by atomic mass is 9.80. The number of nitrogens with one attached hydrogen (secondary N) is 1. The van der Waals surface area contributed by atoms with Crippen LogP contribution in [0.4, 0.5) is 5.69 Å². The molecule has 2 atom stereocenters. The Morgan fingerprint density at radius 3 is 2.45 bits per heavy atom. The zero-order valence-electron chi connectivity index (χ0n) is 12.2. The Morgan fingerprint density at radius 1 is 1.05 bits per heavy atom. The molecule has 0 aliphatic heterocycles. The molecule has 1 aliphatic carbocycles. The van der Waals surface area contributed by atoms with Crippen LogP contribution in [0.25, 0.3) is 5.69 Å². The molecule has 3 rings (SSSR count). The minimum Gasteiger partial charge on any atom is -0.382 e. The fourth-order valence-electron chi connectivity index (χ4n) is 3.39. The van der Waals surface area contributed by atoms with E-state index in [1.807, 2.05) is 4.57 Å². The van der Waals surface area contributed by atoms with Gasteiger partial charge in [0.2, 0.25) is 0 Å². The maximum Gasteiger partial charge on any atom is 0.123 e. The van der Waals surface area contributed by atoms with Gasteiger partial charge in [-0.25, -0.2) is 0 Å². The minimum absolute atomic E-state index is 0.588. The van der Waals surface area contributed by atoms with E-state index in [4.69, 9.17) is 0 Å². The standard InChI is InChI=1S/C16H22N4/c1-12-6-13(2)8-15(7-12)19-14-4-3-5-16(9-14)20-10-17-18-11-20/h3-5,9-13,15,19H,6-8H2,1-2H3. The monoisotopic (exact) mass is 270 g/mol. The zero-order chi connectivity index (χ0) is 13.9. The molecule has 1 aliphatic rings. The van der Waals surface area contributed by atoms with E-state index in [-0.39, 0.29) is 0 Å². The van der Waals surface area contributed by atoms with Crippen LogP contribution >= 0.6 is 0 Å². The Morgan fingerprint density at radius 2 is 1.75 bits per heavy atom. The average molecular weight is 270 g/mol. The maximum atomic E-state index is 3.86. The fraction of sp³-hybridized carbons (Fsp3) is 0.500. The number of nitrogens with zero attached hydrogens (tertiary/aromatic N) is 3. The summed E-state index contributed by atoms with van der Waals surface area (Å²) in [5.41, 5.74) is 2.28. The minimum atomic E-state index is 0.588. The van der Waals surface area contributed by atoms with E-state index in [0.717, 1.165) is 17.5 Å². The normalized spacial score (nSPS) is 26.4. The third kappa shape index (κ3) is 3.00. The van der Waals surface area contributed by atoms with Gasteiger partial charge in [0.1, 0.15) is 12.7 Å². The van der Waals surface area contributed by atoms with E-state index in [2.05, 4.69) is 53.6 Å². The molecule has 2 unspecified atom stereocenters. The summed E-state index contributed by atoms with van der Waals surface area (Å²) in [7, 11) is 0. The first-order valence-corrected chi connectivity index (χ1v) is 7.42. The van der Waals surface area contributed by atoms with Gasteiger partial charge in [0.15, 0.2) is 0 Å². The molecular formula is C16H22N4. The topological polar surface area (TPSA) is 42.7 Å². The summed E-state index contributed by atoms with van der Waals surface area (Å²) in [6.07, 6.45) is 7.34. The van der Waals surface area contributed by atoms with E-state index in [9.17, 15) is 0 Å². The number of aromatic nitrogens is 3. The Hall–Kier alpha value is -1.84. The Kier molecular flexibility index (Phi) is 3.72. The van der Waals surface area contributed by atoms with E-state index in [0.29, 0.717) is 6.04 Å². The quantitative estimate of drug-likeness (QED) is 0.928. The molecule has 1 N–H and O–H groups in total. The van der Waals surface area contributed by atoms with Gasteiger partial charge in [-0.15, -0.1) is 10.2 Å².